The number of methoxy groups -OCH3 is 1. The monoisotopic (exact) mass is 356 g/mol. The molecule has 2 N–H and O–H groups in total. The van der Waals surface area contributed by atoms with Gasteiger partial charge in [0.05, 0.1) is 29.8 Å². The Kier molecular flexibility index (Phi) is 5.40. The van der Waals surface area contributed by atoms with E-state index in [0.717, 1.165) is 30.2 Å². The quantitative estimate of drug-likeness (QED) is 0.821. The highest BCUT2D eigenvalue weighted by atomic mass is 16.5. The van der Waals surface area contributed by atoms with Crippen molar-refractivity contribution in [1.29, 1.82) is 0 Å². The molecule has 1 amide bonds. The van der Waals surface area contributed by atoms with Crippen LogP contribution >= 0.6 is 0 Å². The zero-order chi connectivity index (χ0) is 18.7. The summed E-state index contributed by atoms with van der Waals surface area (Å²) in [5.41, 5.74) is 1.86. The van der Waals surface area contributed by atoms with Crippen molar-refractivity contribution in [1.82, 2.24) is 10.3 Å². The Labute approximate surface area is 152 Å². The topological polar surface area (TPSA) is 88.5 Å². The first-order valence-electron chi connectivity index (χ1n) is 8.98. The summed E-state index contributed by atoms with van der Waals surface area (Å²) in [7, 11) is 1.60. The van der Waals surface area contributed by atoms with E-state index in [9.17, 15) is 14.7 Å². The summed E-state index contributed by atoms with van der Waals surface area (Å²) in [6.07, 6.45) is 4.13. The number of carboxylic acid groups (broad SMARTS) is 1. The molecule has 0 aliphatic heterocycles. The molecular formula is C20H24N2O4. The van der Waals surface area contributed by atoms with Crippen LogP contribution < -0.4 is 10.1 Å². The fourth-order valence-corrected chi connectivity index (χ4v) is 3.62. The lowest BCUT2D eigenvalue weighted by molar-refractivity contribution is -0.142. The van der Waals surface area contributed by atoms with Gasteiger partial charge in [0.25, 0.3) is 5.91 Å². The number of nitrogens with one attached hydrogen (secondary N) is 1. The van der Waals surface area contributed by atoms with Crippen molar-refractivity contribution < 1.29 is 19.4 Å². The van der Waals surface area contributed by atoms with Crippen LogP contribution in [0.3, 0.4) is 0 Å². The van der Waals surface area contributed by atoms with Gasteiger partial charge in [-0.1, -0.05) is 19.3 Å². The number of aromatic nitrogens is 1. The Morgan fingerprint density at radius 2 is 1.96 bits per heavy atom. The maximum Gasteiger partial charge on any atom is 0.308 e. The van der Waals surface area contributed by atoms with Crippen LogP contribution in [0, 0.1) is 12.8 Å². The Morgan fingerprint density at radius 3 is 2.69 bits per heavy atom. The molecule has 0 unspecified atom stereocenters. The summed E-state index contributed by atoms with van der Waals surface area (Å²) < 4.78 is 5.21. The molecule has 0 saturated heterocycles. The highest BCUT2D eigenvalue weighted by molar-refractivity contribution is 5.99. The van der Waals surface area contributed by atoms with Crippen molar-refractivity contribution >= 4 is 22.8 Å². The smallest absolute Gasteiger partial charge is 0.308 e. The first-order valence-corrected chi connectivity index (χ1v) is 8.98. The SMILES string of the molecule is COc1ccc2cc(C(=O)N[C@H]3CCCCC[C@H]3C(=O)O)c(C)nc2c1. The first-order chi connectivity index (χ1) is 12.5. The Hall–Kier alpha value is -2.63. The summed E-state index contributed by atoms with van der Waals surface area (Å²) in [5, 5.41) is 13.3. The van der Waals surface area contributed by atoms with Crippen molar-refractivity contribution in [3.05, 3.63) is 35.5 Å². The summed E-state index contributed by atoms with van der Waals surface area (Å²) >= 11 is 0. The second-order valence-corrected chi connectivity index (χ2v) is 6.84. The van der Waals surface area contributed by atoms with Crippen LogP contribution in [-0.2, 0) is 4.79 Å². The maximum absolute atomic E-state index is 12.8. The van der Waals surface area contributed by atoms with Crippen LogP contribution in [0.5, 0.6) is 5.75 Å². The molecule has 26 heavy (non-hydrogen) atoms. The predicted molar refractivity (Wildman–Crippen MR) is 98.5 cm³/mol. The number of hydrogen-bond donors (Lipinski definition) is 2. The number of amides is 1. The van der Waals surface area contributed by atoms with Crippen LogP contribution in [0.15, 0.2) is 24.3 Å². The number of nitrogens with zero attached hydrogens (tertiary/aromatic N) is 1. The molecule has 0 radical (unpaired) electrons. The third-order valence-corrected chi connectivity index (χ3v) is 5.11. The number of aliphatic carboxylic acids is 1. The van der Waals surface area contributed by atoms with E-state index in [1.54, 1.807) is 20.1 Å². The van der Waals surface area contributed by atoms with Crippen LogP contribution in [-0.4, -0.2) is 35.1 Å². The van der Waals surface area contributed by atoms with E-state index in [1.165, 1.54) is 0 Å². The molecule has 2 atom stereocenters. The molecule has 1 aliphatic carbocycles. The highest BCUT2D eigenvalue weighted by Crippen LogP contribution is 2.25. The van der Waals surface area contributed by atoms with Crippen LogP contribution in [0.1, 0.15) is 48.2 Å². The van der Waals surface area contributed by atoms with Crippen LogP contribution in [0.2, 0.25) is 0 Å². The number of carboxylic acids is 1. The summed E-state index contributed by atoms with van der Waals surface area (Å²) in [6.45, 7) is 1.79. The van der Waals surface area contributed by atoms with E-state index in [0.29, 0.717) is 29.8 Å². The van der Waals surface area contributed by atoms with Gasteiger partial charge >= 0.3 is 5.97 Å². The van der Waals surface area contributed by atoms with Gasteiger partial charge in [0.1, 0.15) is 5.75 Å². The van der Waals surface area contributed by atoms with Crippen molar-refractivity contribution in [3.8, 4) is 5.75 Å². The van der Waals surface area contributed by atoms with Crippen molar-refractivity contribution in [2.45, 2.75) is 45.1 Å². The van der Waals surface area contributed by atoms with Gasteiger partial charge in [-0.05, 0) is 38.0 Å². The lowest BCUT2D eigenvalue weighted by Crippen LogP contribution is -2.43. The highest BCUT2D eigenvalue weighted by Gasteiger charge is 2.31. The Bertz CT molecular complexity index is 834. The minimum atomic E-state index is -0.836. The predicted octanol–water partition coefficient (Wildman–Crippen LogP) is 3.32. The fourth-order valence-electron chi connectivity index (χ4n) is 3.62. The van der Waals surface area contributed by atoms with Gasteiger partial charge in [0.2, 0.25) is 0 Å². The molecule has 1 fully saturated rings. The lowest BCUT2D eigenvalue weighted by atomic mass is 9.94. The first kappa shape index (κ1) is 18.2. The molecule has 1 aliphatic rings. The zero-order valence-corrected chi connectivity index (χ0v) is 15.1. The van der Waals surface area contributed by atoms with Crippen molar-refractivity contribution in [2.75, 3.05) is 7.11 Å². The van der Waals surface area contributed by atoms with E-state index >= 15 is 0 Å². The Balaban J connectivity index is 1.86. The van der Waals surface area contributed by atoms with Gasteiger partial charge in [0.15, 0.2) is 0 Å². The average molecular weight is 356 g/mol. The summed E-state index contributed by atoms with van der Waals surface area (Å²) in [6, 6.07) is 6.98. The molecule has 3 rings (SSSR count). The molecule has 1 saturated carbocycles. The van der Waals surface area contributed by atoms with Gasteiger partial charge in [-0.15, -0.1) is 0 Å². The normalized spacial score (nSPS) is 20.4. The molecule has 6 heteroatoms. The fraction of sp³-hybridized carbons (Fsp3) is 0.450. The van der Waals surface area contributed by atoms with E-state index in [1.807, 2.05) is 18.2 Å². The molecule has 6 nitrogen and oxygen atoms in total. The zero-order valence-electron chi connectivity index (χ0n) is 15.1. The number of benzene rings is 1. The van der Waals surface area contributed by atoms with Crippen LogP contribution in [0.25, 0.3) is 10.9 Å². The van der Waals surface area contributed by atoms with Gasteiger partial charge in [0, 0.05) is 17.5 Å². The number of carbonyl (C=O) groups is 2. The molecule has 0 spiro atoms. The number of fused-ring (bicyclic) bond motifs is 1. The van der Waals surface area contributed by atoms with Crippen LogP contribution in [0.4, 0.5) is 0 Å². The molecule has 2 aromatic rings. The third kappa shape index (κ3) is 3.79. The van der Waals surface area contributed by atoms with E-state index < -0.39 is 11.9 Å². The number of pyridine rings is 1. The van der Waals surface area contributed by atoms with E-state index in [2.05, 4.69) is 10.3 Å². The summed E-state index contributed by atoms with van der Waals surface area (Å²) in [5.74, 6) is -0.910. The third-order valence-electron chi connectivity index (χ3n) is 5.11. The molecule has 138 valence electrons. The van der Waals surface area contributed by atoms with E-state index in [4.69, 9.17) is 4.74 Å². The maximum atomic E-state index is 12.8. The summed E-state index contributed by atoms with van der Waals surface area (Å²) in [4.78, 5) is 28.9. The van der Waals surface area contributed by atoms with E-state index in [-0.39, 0.29) is 11.9 Å². The standard InChI is InChI=1S/C20H24N2O4/c1-12-16(10-13-8-9-14(26-2)11-18(13)21-12)19(23)22-17-7-5-3-4-6-15(17)20(24)25/h8-11,15,17H,3-7H2,1-2H3,(H,22,23)(H,24,25)/t15-,17+/m1/s1. The minimum absolute atomic E-state index is 0.258. The minimum Gasteiger partial charge on any atom is -0.497 e. The second-order valence-electron chi connectivity index (χ2n) is 6.84. The number of hydrogen-bond acceptors (Lipinski definition) is 4. The second kappa shape index (κ2) is 7.72. The largest absolute Gasteiger partial charge is 0.497 e. The molecule has 1 heterocycles. The number of ether oxygens (including phenoxy) is 1. The van der Waals surface area contributed by atoms with Crippen molar-refractivity contribution in [3.63, 3.8) is 0 Å². The molecular weight excluding hydrogens is 332 g/mol. The number of aryl methyl sites for hydroxylation is 1. The van der Waals surface area contributed by atoms with Crippen molar-refractivity contribution in [2.24, 2.45) is 5.92 Å². The average Bonchev–Trinajstić information content (AvgIpc) is 2.86. The van der Waals surface area contributed by atoms with Gasteiger partial charge in [-0.3, -0.25) is 14.6 Å². The van der Waals surface area contributed by atoms with Gasteiger partial charge < -0.3 is 15.2 Å². The van der Waals surface area contributed by atoms with Gasteiger partial charge in [-0.2, -0.15) is 0 Å². The van der Waals surface area contributed by atoms with Gasteiger partial charge in [-0.25, -0.2) is 0 Å². The number of rotatable bonds is 4. The Morgan fingerprint density at radius 1 is 1.19 bits per heavy atom. The lowest BCUT2D eigenvalue weighted by Gasteiger charge is -2.23. The number of carbonyl (C=O) groups excluding carboxylic acids is 1. The molecule has 1 aromatic heterocycles. The molecule has 0 bridgehead atoms. The molecule has 1 aromatic carbocycles.